The molecule has 0 saturated carbocycles. The smallest absolute Gasteiger partial charge is 0.240 e. The summed E-state index contributed by atoms with van der Waals surface area (Å²) in [7, 11) is 0. The molecule has 1 amide bonds. The van der Waals surface area contributed by atoms with Gasteiger partial charge in [0, 0.05) is 13.3 Å². The van der Waals surface area contributed by atoms with E-state index in [9.17, 15) is 4.79 Å². The summed E-state index contributed by atoms with van der Waals surface area (Å²) in [5, 5.41) is 6.07. The second-order valence-electron chi connectivity index (χ2n) is 6.37. The molecule has 0 N–H and O–H groups in total. The van der Waals surface area contributed by atoms with E-state index in [0.717, 1.165) is 33.8 Å². The number of fused-ring (bicyclic) bond motifs is 1. The van der Waals surface area contributed by atoms with E-state index in [2.05, 4.69) is 10.1 Å². The van der Waals surface area contributed by atoms with Gasteiger partial charge in [-0.2, -0.15) is 5.10 Å². The molecule has 0 radical (unpaired) electrons. The summed E-state index contributed by atoms with van der Waals surface area (Å²) in [6, 6.07) is 15.2. The van der Waals surface area contributed by atoms with E-state index in [-0.39, 0.29) is 11.9 Å². The van der Waals surface area contributed by atoms with Crippen LogP contribution < -0.4 is 4.74 Å². The van der Waals surface area contributed by atoms with Crippen molar-refractivity contribution in [1.29, 1.82) is 0 Å². The number of hydrogen-bond acceptors (Lipinski definition) is 5. The van der Waals surface area contributed by atoms with Gasteiger partial charge in [-0.1, -0.05) is 12.1 Å². The molecule has 1 aliphatic rings. The van der Waals surface area contributed by atoms with Gasteiger partial charge < -0.3 is 4.74 Å². The molecule has 3 aromatic rings. The van der Waals surface area contributed by atoms with Crippen molar-refractivity contribution in [2.45, 2.75) is 26.3 Å². The van der Waals surface area contributed by atoms with Crippen molar-refractivity contribution in [3.05, 3.63) is 66.0 Å². The van der Waals surface area contributed by atoms with E-state index in [1.165, 1.54) is 11.9 Å². The Hall–Kier alpha value is -3.28. The van der Waals surface area contributed by atoms with Crippen LogP contribution in [0.15, 0.2) is 59.8 Å². The van der Waals surface area contributed by atoms with Crippen molar-refractivity contribution in [2.75, 3.05) is 6.61 Å². The first-order valence-corrected chi connectivity index (χ1v) is 8.98. The predicted octanol–water partition coefficient (Wildman–Crippen LogP) is 3.73. The van der Waals surface area contributed by atoms with Gasteiger partial charge in [-0.25, -0.2) is 9.99 Å². The number of aromatic nitrogens is 2. The Bertz CT molecular complexity index is 1010. The molecule has 0 unspecified atom stereocenters. The van der Waals surface area contributed by atoms with Gasteiger partial charge in [0.25, 0.3) is 0 Å². The standard InChI is InChI=1S/C21H20N4O2/c1-3-27-16-10-8-15(9-11-16)19-12-21(25(24-19)14(2)26)20-13-22-17-6-4-5-7-18(17)23-20/h4-11,13,21H,3,12H2,1-2H3/t21-/m1/s1. The average molecular weight is 360 g/mol. The lowest BCUT2D eigenvalue weighted by atomic mass is 10.0. The molecular weight excluding hydrogens is 340 g/mol. The van der Waals surface area contributed by atoms with E-state index in [0.29, 0.717) is 13.0 Å². The number of hydrazone groups is 1. The van der Waals surface area contributed by atoms with E-state index in [1.54, 1.807) is 6.20 Å². The van der Waals surface area contributed by atoms with Crippen LogP contribution in [0, 0.1) is 0 Å². The highest BCUT2D eigenvalue weighted by Crippen LogP contribution is 2.32. The summed E-state index contributed by atoms with van der Waals surface area (Å²) < 4.78 is 5.49. The van der Waals surface area contributed by atoms with Gasteiger partial charge in [0.2, 0.25) is 5.91 Å². The van der Waals surface area contributed by atoms with E-state index >= 15 is 0 Å². The van der Waals surface area contributed by atoms with Crippen LogP contribution >= 0.6 is 0 Å². The van der Waals surface area contributed by atoms with Gasteiger partial charge in [0.1, 0.15) is 11.8 Å². The van der Waals surface area contributed by atoms with Crippen molar-refractivity contribution in [3.63, 3.8) is 0 Å². The SMILES string of the molecule is CCOc1ccc(C2=NN(C(C)=O)[C@@H](c3cnc4ccccc4n3)C2)cc1. The first kappa shape index (κ1) is 17.1. The molecule has 2 heterocycles. The molecule has 1 atom stereocenters. The molecule has 6 heteroatoms. The highest BCUT2D eigenvalue weighted by molar-refractivity contribution is 6.03. The Morgan fingerprint density at radius 1 is 1.15 bits per heavy atom. The molecule has 0 saturated heterocycles. The molecule has 1 aromatic heterocycles. The maximum Gasteiger partial charge on any atom is 0.240 e. The van der Waals surface area contributed by atoms with Crippen LogP contribution in [0.25, 0.3) is 11.0 Å². The number of carbonyl (C=O) groups excluding carboxylic acids is 1. The highest BCUT2D eigenvalue weighted by atomic mass is 16.5. The van der Waals surface area contributed by atoms with Crippen LogP contribution in [0.2, 0.25) is 0 Å². The number of benzene rings is 2. The van der Waals surface area contributed by atoms with Gasteiger partial charge in [0.15, 0.2) is 0 Å². The molecule has 6 nitrogen and oxygen atoms in total. The van der Waals surface area contributed by atoms with E-state index in [4.69, 9.17) is 9.72 Å². The Balaban J connectivity index is 1.65. The van der Waals surface area contributed by atoms with E-state index in [1.807, 2.05) is 55.5 Å². The van der Waals surface area contributed by atoms with Crippen molar-refractivity contribution < 1.29 is 9.53 Å². The van der Waals surface area contributed by atoms with Crippen LogP contribution in [-0.2, 0) is 4.79 Å². The lowest BCUT2D eigenvalue weighted by molar-refractivity contribution is -0.130. The third-order valence-electron chi connectivity index (χ3n) is 4.54. The average Bonchev–Trinajstić information content (AvgIpc) is 3.14. The van der Waals surface area contributed by atoms with Crippen LogP contribution in [0.5, 0.6) is 5.75 Å². The number of carbonyl (C=O) groups is 1. The molecule has 136 valence electrons. The van der Waals surface area contributed by atoms with Crippen molar-refractivity contribution in [2.24, 2.45) is 5.10 Å². The summed E-state index contributed by atoms with van der Waals surface area (Å²) in [5.41, 5.74) is 4.22. The Labute approximate surface area is 157 Å². The molecule has 4 rings (SSSR count). The topological polar surface area (TPSA) is 67.7 Å². The zero-order valence-electron chi connectivity index (χ0n) is 15.3. The Morgan fingerprint density at radius 3 is 2.59 bits per heavy atom. The van der Waals surface area contributed by atoms with Gasteiger partial charge >= 0.3 is 0 Å². The summed E-state index contributed by atoms with van der Waals surface area (Å²) in [6.45, 7) is 4.10. The largest absolute Gasteiger partial charge is 0.494 e. The number of nitrogens with zero attached hydrogens (tertiary/aromatic N) is 4. The second-order valence-corrected chi connectivity index (χ2v) is 6.37. The quantitative estimate of drug-likeness (QED) is 0.711. The number of rotatable bonds is 4. The van der Waals surface area contributed by atoms with Gasteiger partial charge in [-0.05, 0) is 48.9 Å². The third-order valence-corrected chi connectivity index (χ3v) is 4.54. The van der Waals surface area contributed by atoms with Gasteiger partial charge in [-0.15, -0.1) is 0 Å². The minimum absolute atomic E-state index is 0.115. The summed E-state index contributed by atoms with van der Waals surface area (Å²) in [6.07, 6.45) is 2.33. The lowest BCUT2D eigenvalue weighted by Crippen LogP contribution is -2.25. The van der Waals surface area contributed by atoms with Crippen molar-refractivity contribution in [1.82, 2.24) is 15.0 Å². The number of hydrogen-bond donors (Lipinski definition) is 0. The Morgan fingerprint density at radius 2 is 1.89 bits per heavy atom. The van der Waals surface area contributed by atoms with Crippen LogP contribution in [-0.4, -0.2) is 33.2 Å². The monoisotopic (exact) mass is 360 g/mol. The zero-order chi connectivity index (χ0) is 18.8. The van der Waals surface area contributed by atoms with Crippen molar-refractivity contribution >= 4 is 22.7 Å². The van der Waals surface area contributed by atoms with Crippen molar-refractivity contribution in [3.8, 4) is 5.75 Å². The predicted molar refractivity (Wildman–Crippen MR) is 104 cm³/mol. The molecule has 1 aliphatic heterocycles. The molecule has 0 aliphatic carbocycles. The Kier molecular flexibility index (Phi) is 4.54. The van der Waals surface area contributed by atoms with E-state index < -0.39 is 0 Å². The summed E-state index contributed by atoms with van der Waals surface area (Å²) in [5.74, 6) is 0.705. The lowest BCUT2D eigenvalue weighted by Gasteiger charge is -2.19. The minimum Gasteiger partial charge on any atom is -0.494 e. The first-order valence-electron chi connectivity index (χ1n) is 8.98. The van der Waals surface area contributed by atoms with Crippen LogP contribution in [0.3, 0.4) is 0 Å². The first-order chi connectivity index (χ1) is 13.2. The maximum atomic E-state index is 12.2. The number of ether oxygens (including phenoxy) is 1. The van der Waals surface area contributed by atoms with Crippen LogP contribution in [0.1, 0.15) is 37.6 Å². The molecule has 0 spiro atoms. The number of para-hydroxylation sites is 2. The normalized spacial score (nSPS) is 16.4. The molecule has 27 heavy (non-hydrogen) atoms. The third kappa shape index (κ3) is 3.38. The fraction of sp³-hybridized carbons (Fsp3) is 0.238. The zero-order valence-corrected chi connectivity index (χ0v) is 15.3. The number of amides is 1. The minimum atomic E-state index is -0.249. The fourth-order valence-corrected chi connectivity index (χ4v) is 3.25. The summed E-state index contributed by atoms with van der Waals surface area (Å²) in [4.78, 5) is 21.3. The molecular formula is C21H20N4O2. The van der Waals surface area contributed by atoms with Gasteiger partial charge in [0.05, 0.1) is 35.2 Å². The van der Waals surface area contributed by atoms with Crippen LogP contribution in [0.4, 0.5) is 0 Å². The molecule has 0 bridgehead atoms. The molecule has 2 aromatic carbocycles. The maximum absolute atomic E-state index is 12.2. The fourth-order valence-electron chi connectivity index (χ4n) is 3.25. The van der Waals surface area contributed by atoms with Gasteiger partial charge in [-0.3, -0.25) is 9.78 Å². The summed E-state index contributed by atoms with van der Waals surface area (Å²) >= 11 is 0. The highest BCUT2D eigenvalue weighted by Gasteiger charge is 2.32. The second kappa shape index (κ2) is 7.15. The molecule has 0 fully saturated rings.